The molecular weight excluding hydrogens is 290 g/mol. The first-order valence-electron chi connectivity index (χ1n) is 6.26. The van der Waals surface area contributed by atoms with Gasteiger partial charge in [0.15, 0.2) is 5.76 Å². The van der Waals surface area contributed by atoms with Crippen molar-refractivity contribution < 1.29 is 13.6 Å². The summed E-state index contributed by atoms with van der Waals surface area (Å²) in [6, 6.07) is 11.1. The van der Waals surface area contributed by atoms with Gasteiger partial charge in [0.05, 0.1) is 19.1 Å². The number of hydrogen-bond donors (Lipinski definition) is 1. The van der Waals surface area contributed by atoms with E-state index in [1.165, 1.54) is 0 Å². The minimum absolute atomic E-state index is 0.267. The van der Waals surface area contributed by atoms with Crippen molar-refractivity contribution >= 4 is 17.9 Å². The highest BCUT2D eigenvalue weighted by Crippen LogP contribution is 2.23. The maximum absolute atomic E-state index is 5.41. The first-order valence-corrected chi connectivity index (χ1v) is 6.67. The van der Waals surface area contributed by atoms with E-state index >= 15 is 0 Å². The smallest absolute Gasteiger partial charge is 0.289 e. The van der Waals surface area contributed by atoms with E-state index in [0.717, 1.165) is 11.4 Å². The first kappa shape index (κ1) is 13.4. The largest absolute Gasteiger partial charge is 0.495 e. The third kappa shape index (κ3) is 2.82. The van der Waals surface area contributed by atoms with Crippen molar-refractivity contribution in [2.24, 2.45) is 0 Å². The summed E-state index contributed by atoms with van der Waals surface area (Å²) in [5, 5.41) is 7.47. The summed E-state index contributed by atoms with van der Waals surface area (Å²) in [6.07, 6.45) is 1.56. The Balaban J connectivity index is 1.78. The van der Waals surface area contributed by atoms with Crippen LogP contribution in [0.5, 0.6) is 5.75 Å². The van der Waals surface area contributed by atoms with Crippen LogP contribution in [0.25, 0.3) is 11.7 Å². The molecule has 0 fully saturated rings. The van der Waals surface area contributed by atoms with Crippen LogP contribution < -0.4 is 10.1 Å². The number of aromatic nitrogens is 2. The highest BCUT2D eigenvalue weighted by molar-refractivity contribution is 7.71. The summed E-state index contributed by atoms with van der Waals surface area (Å²) in [7, 11) is 1.62. The minimum Gasteiger partial charge on any atom is -0.495 e. The minimum atomic E-state index is 0.267. The highest BCUT2D eigenvalue weighted by Gasteiger charge is 2.10. The molecule has 0 aliphatic heterocycles. The molecule has 2 aromatic heterocycles. The van der Waals surface area contributed by atoms with Gasteiger partial charge in [0, 0.05) is 0 Å². The molecule has 0 aliphatic carbocycles. The molecule has 0 aliphatic rings. The van der Waals surface area contributed by atoms with E-state index in [0.29, 0.717) is 18.3 Å². The van der Waals surface area contributed by atoms with Crippen molar-refractivity contribution in [1.82, 2.24) is 9.78 Å². The Kier molecular flexibility index (Phi) is 3.74. The van der Waals surface area contributed by atoms with E-state index in [9.17, 15) is 0 Å². The third-order valence-electron chi connectivity index (χ3n) is 2.86. The molecule has 0 spiro atoms. The lowest BCUT2D eigenvalue weighted by molar-refractivity contribution is 0.415. The zero-order chi connectivity index (χ0) is 14.7. The van der Waals surface area contributed by atoms with Crippen LogP contribution in [0.4, 0.5) is 5.69 Å². The third-order valence-corrected chi connectivity index (χ3v) is 3.16. The van der Waals surface area contributed by atoms with E-state index in [1.54, 1.807) is 30.2 Å². The van der Waals surface area contributed by atoms with E-state index in [2.05, 4.69) is 10.4 Å². The Morgan fingerprint density at radius 1 is 1.29 bits per heavy atom. The van der Waals surface area contributed by atoms with E-state index < -0.39 is 0 Å². The van der Waals surface area contributed by atoms with Crippen LogP contribution >= 0.6 is 12.2 Å². The Labute approximate surface area is 126 Å². The summed E-state index contributed by atoms with van der Waals surface area (Å²) < 4.78 is 17.4. The topological polar surface area (TPSA) is 65.4 Å². The molecule has 1 aromatic carbocycles. The molecule has 2 heterocycles. The molecule has 0 amide bonds. The number of anilines is 1. The van der Waals surface area contributed by atoms with Crippen LogP contribution in [-0.2, 0) is 6.67 Å². The van der Waals surface area contributed by atoms with Crippen LogP contribution in [0.3, 0.4) is 0 Å². The van der Waals surface area contributed by atoms with E-state index in [4.69, 9.17) is 25.8 Å². The van der Waals surface area contributed by atoms with Crippen molar-refractivity contribution in [3.05, 3.63) is 47.5 Å². The molecule has 0 saturated carbocycles. The Bertz CT molecular complexity index is 777. The number of rotatable bonds is 5. The molecule has 3 aromatic rings. The molecule has 0 radical (unpaired) electrons. The molecule has 108 valence electrons. The number of ether oxygens (including phenoxy) is 1. The van der Waals surface area contributed by atoms with E-state index in [-0.39, 0.29) is 4.84 Å². The van der Waals surface area contributed by atoms with Crippen molar-refractivity contribution in [3.8, 4) is 17.4 Å². The number of hydrogen-bond acceptors (Lipinski definition) is 6. The Morgan fingerprint density at radius 2 is 2.14 bits per heavy atom. The molecule has 0 unspecified atom stereocenters. The maximum Gasteiger partial charge on any atom is 0.289 e. The van der Waals surface area contributed by atoms with Crippen LogP contribution in [0.15, 0.2) is 51.5 Å². The van der Waals surface area contributed by atoms with Gasteiger partial charge >= 0.3 is 0 Å². The summed E-state index contributed by atoms with van der Waals surface area (Å²) in [4.78, 5) is 0.267. The number of furan rings is 1. The van der Waals surface area contributed by atoms with Crippen LogP contribution in [0, 0.1) is 4.84 Å². The monoisotopic (exact) mass is 303 g/mol. The number of nitrogens with one attached hydrogen (secondary N) is 1. The first-order chi connectivity index (χ1) is 10.3. The Morgan fingerprint density at radius 3 is 2.90 bits per heavy atom. The SMILES string of the molecule is COc1ccccc1NCn1nc(-c2ccco2)oc1=S. The van der Waals surface area contributed by atoms with Gasteiger partial charge in [-0.2, -0.15) is 0 Å². The highest BCUT2D eigenvalue weighted by atomic mass is 32.1. The molecule has 3 rings (SSSR count). The lowest BCUT2D eigenvalue weighted by Crippen LogP contribution is -2.10. The molecule has 7 heteroatoms. The number of para-hydroxylation sites is 2. The maximum atomic E-state index is 5.41. The predicted octanol–water partition coefficient (Wildman–Crippen LogP) is 3.54. The van der Waals surface area contributed by atoms with Gasteiger partial charge in [-0.3, -0.25) is 0 Å². The van der Waals surface area contributed by atoms with Crippen molar-refractivity contribution in [2.45, 2.75) is 6.67 Å². The average molecular weight is 303 g/mol. The quantitative estimate of drug-likeness (QED) is 0.727. The number of nitrogens with zero attached hydrogens (tertiary/aromatic N) is 2. The average Bonchev–Trinajstić information content (AvgIpc) is 3.15. The molecule has 1 N–H and O–H groups in total. The van der Waals surface area contributed by atoms with Gasteiger partial charge in [0.1, 0.15) is 12.4 Å². The van der Waals surface area contributed by atoms with Crippen molar-refractivity contribution in [2.75, 3.05) is 12.4 Å². The van der Waals surface area contributed by atoms with Gasteiger partial charge in [-0.25, -0.2) is 4.68 Å². The lowest BCUT2D eigenvalue weighted by atomic mass is 10.3. The summed E-state index contributed by atoms with van der Waals surface area (Å²) in [6.45, 7) is 0.364. The molecule has 21 heavy (non-hydrogen) atoms. The zero-order valence-corrected chi connectivity index (χ0v) is 12.1. The van der Waals surface area contributed by atoms with Gasteiger partial charge in [0.25, 0.3) is 10.7 Å². The summed E-state index contributed by atoms with van der Waals surface area (Å²) in [5.41, 5.74) is 0.851. The second-order valence-corrected chi connectivity index (χ2v) is 4.53. The van der Waals surface area contributed by atoms with Crippen LogP contribution in [-0.4, -0.2) is 16.9 Å². The summed E-state index contributed by atoms with van der Waals surface area (Å²) >= 11 is 5.14. The Hall–Kier alpha value is -2.54. The zero-order valence-electron chi connectivity index (χ0n) is 11.3. The van der Waals surface area contributed by atoms with Gasteiger partial charge in [-0.05, 0) is 36.5 Å². The van der Waals surface area contributed by atoms with Gasteiger partial charge in [-0.1, -0.05) is 12.1 Å². The van der Waals surface area contributed by atoms with Gasteiger partial charge in [0.2, 0.25) is 0 Å². The van der Waals surface area contributed by atoms with Crippen molar-refractivity contribution in [1.29, 1.82) is 0 Å². The fourth-order valence-corrected chi connectivity index (χ4v) is 2.04. The van der Waals surface area contributed by atoms with E-state index in [1.807, 2.05) is 24.3 Å². The van der Waals surface area contributed by atoms with Crippen LogP contribution in [0.1, 0.15) is 0 Å². The molecular formula is C14H13N3O3S. The summed E-state index contributed by atoms with van der Waals surface area (Å²) in [5.74, 6) is 1.64. The molecule has 0 bridgehead atoms. The second-order valence-electron chi connectivity index (χ2n) is 4.19. The molecule has 0 atom stereocenters. The fourth-order valence-electron chi connectivity index (χ4n) is 1.86. The lowest BCUT2D eigenvalue weighted by Gasteiger charge is -2.09. The fraction of sp³-hybridized carbons (Fsp3) is 0.143. The predicted molar refractivity (Wildman–Crippen MR) is 79.6 cm³/mol. The van der Waals surface area contributed by atoms with Gasteiger partial charge in [-0.15, -0.1) is 5.10 Å². The number of benzene rings is 1. The van der Waals surface area contributed by atoms with Gasteiger partial charge < -0.3 is 18.9 Å². The standard InChI is InChI=1S/C14H13N3O3S/c1-18-11-6-3-2-5-10(11)15-9-17-14(21)20-13(16-17)12-7-4-8-19-12/h2-8,15H,9H2,1H3. The van der Waals surface area contributed by atoms with Crippen LogP contribution in [0.2, 0.25) is 0 Å². The normalized spacial score (nSPS) is 10.5. The number of methoxy groups -OCH3 is 1. The molecule has 0 saturated heterocycles. The van der Waals surface area contributed by atoms with Crippen molar-refractivity contribution in [3.63, 3.8) is 0 Å². The molecule has 6 nitrogen and oxygen atoms in total. The second kappa shape index (κ2) is 5.84.